The van der Waals surface area contributed by atoms with Gasteiger partial charge in [0.25, 0.3) is 5.91 Å². The summed E-state index contributed by atoms with van der Waals surface area (Å²) < 4.78 is 5.79. The number of carbonyl (C=O) groups excluding carboxylic acids is 1. The van der Waals surface area contributed by atoms with Crippen molar-refractivity contribution in [3.63, 3.8) is 0 Å². The number of rotatable bonds is 7. The first-order valence-corrected chi connectivity index (χ1v) is 8.42. The number of pyridine rings is 1. The Kier molecular flexibility index (Phi) is 6.15. The molecule has 2 aromatic heterocycles. The van der Waals surface area contributed by atoms with Crippen LogP contribution in [0.2, 0.25) is 0 Å². The first-order chi connectivity index (χ1) is 11.5. The van der Waals surface area contributed by atoms with Crippen molar-refractivity contribution in [2.45, 2.75) is 40.8 Å². The number of hydrogen-bond acceptors (Lipinski definition) is 4. The zero-order valence-electron chi connectivity index (χ0n) is 15.3. The van der Waals surface area contributed by atoms with Crippen LogP contribution in [0.4, 0.5) is 0 Å². The summed E-state index contributed by atoms with van der Waals surface area (Å²) in [6.07, 6.45) is 3.57. The normalized spacial score (nSPS) is 11.1. The Balaban J connectivity index is 2.11. The van der Waals surface area contributed by atoms with Crippen molar-refractivity contribution in [3.05, 3.63) is 52.7 Å². The van der Waals surface area contributed by atoms with Gasteiger partial charge in [0.2, 0.25) is 0 Å². The maximum atomic E-state index is 12.8. The number of amides is 1. The fourth-order valence-corrected chi connectivity index (χ4v) is 2.71. The summed E-state index contributed by atoms with van der Waals surface area (Å²) >= 11 is 0. The van der Waals surface area contributed by atoms with Gasteiger partial charge in [-0.25, -0.2) is 0 Å². The topological polar surface area (TPSA) is 49.6 Å². The summed E-state index contributed by atoms with van der Waals surface area (Å²) in [7, 11) is 1.82. The van der Waals surface area contributed by atoms with Gasteiger partial charge in [-0.05, 0) is 50.2 Å². The highest BCUT2D eigenvalue weighted by Gasteiger charge is 2.20. The van der Waals surface area contributed by atoms with Crippen molar-refractivity contribution in [3.8, 4) is 0 Å². The third-order valence-electron chi connectivity index (χ3n) is 4.36. The Bertz CT molecular complexity index is 690. The monoisotopic (exact) mass is 329 g/mol. The van der Waals surface area contributed by atoms with Crippen LogP contribution in [0.15, 0.2) is 28.9 Å². The van der Waals surface area contributed by atoms with Crippen LogP contribution >= 0.6 is 0 Å². The van der Waals surface area contributed by atoms with Crippen LogP contribution in [0, 0.1) is 13.8 Å². The maximum Gasteiger partial charge on any atom is 0.257 e. The van der Waals surface area contributed by atoms with Crippen LogP contribution in [0.3, 0.4) is 0 Å². The standard InChI is InChI=1S/C19H27N3O2/c1-6-22(7-2)13-17-10-18(15(4)24-17)19(23)21(5)12-16-8-9-20-11-14(16)3/h8-11H,6-7,12-13H2,1-5H3. The lowest BCUT2D eigenvalue weighted by molar-refractivity contribution is 0.0783. The molecule has 5 nitrogen and oxygen atoms in total. The fourth-order valence-electron chi connectivity index (χ4n) is 2.71. The third-order valence-corrected chi connectivity index (χ3v) is 4.36. The molecular formula is C19H27N3O2. The number of aryl methyl sites for hydroxylation is 2. The molecule has 1 amide bonds. The van der Waals surface area contributed by atoms with Crippen molar-refractivity contribution in [2.24, 2.45) is 0 Å². The molecule has 0 atom stereocenters. The van der Waals surface area contributed by atoms with Crippen molar-refractivity contribution in [1.82, 2.24) is 14.8 Å². The molecule has 0 aliphatic rings. The highest BCUT2D eigenvalue weighted by molar-refractivity contribution is 5.95. The van der Waals surface area contributed by atoms with Crippen molar-refractivity contribution in [2.75, 3.05) is 20.1 Å². The van der Waals surface area contributed by atoms with Crippen LogP contribution in [-0.2, 0) is 13.1 Å². The van der Waals surface area contributed by atoms with Gasteiger partial charge in [-0.15, -0.1) is 0 Å². The SMILES string of the molecule is CCN(CC)Cc1cc(C(=O)N(C)Cc2ccncc2C)c(C)o1. The maximum absolute atomic E-state index is 12.8. The highest BCUT2D eigenvalue weighted by Crippen LogP contribution is 2.19. The van der Waals surface area contributed by atoms with E-state index >= 15 is 0 Å². The first kappa shape index (κ1) is 18.2. The second kappa shape index (κ2) is 8.11. The van der Waals surface area contributed by atoms with E-state index in [0.717, 1.165) is 36.5 Å². The summed E-state index contributed by atoms with van der Waals surface area (Å²) in [6.45, 7) is 11.3. The predicted octanol–water partition coefficient (Wildman–Crippen LogP) is 3.41. The minimum Gasteiger partial charge on any atom is -0.464 e. The lowest BCUT2D eigenvalue weighted by atomic mass is 10.1. The Morgan fingerprint density at radius 3 is 2.54 bits per heavy atom. The summed E-state index contributed by atoms with van der Waals surface area (Å²) in [4.78, 5) is 20.8. The van der Waals surface area contributed by atoms with Gasteiger partial charge in [0.05, 0.1) is 12.1 Å². The minimum absolute atomic E-state index is 0.0155. The van der Waals surface area contributed by atoms with Crippen LogP contribution in [0.5, 0.6) is 0 Å². The fraction of sp³-hybridized carbons (Fsp3) is 0.474. The van der Waals surface area contributed by atoms with E-state index in [1.807, 2.05) is 39.2 Å². The molecule has 0 bridgehead atoms. The van der Waals surface area contributed by atoms with E-state index in [1.165, 1.54) is 0 Å². The molecule has 0 fully saturated rings. The Morgan fingerprint density at radius 1 is 1.21 bits per heavy atom. The number of carbonyl (C=O) groups is 1. The molecule has 130 valence electrons. The van der Waals surface area contributed by atoms with Crippen molar-refractivity contribution in [1.29, 1.82) is 0 Å². The molecule has 24 heavy (non-hydrogen) atoms. The molecule has 0 radical (unpaired) electrons. The lowest BCUT2D eigenvalue weighted by Gasteiger charge is -2.18. The molecule has 0 aromatic carbocycles. The van der Waals surface area contributed by atoms with Gasteiger partial charge in [-0.2, -0.15) is 0 Å². The summed E-state index contributed by atoms with van der Waals surface area (Å²) in [5, 5.41) is 0. The molecular weight excluding hydrogens is 302 g/mol. The van der Waals surface area contributed by atoms with E-state index in [0.29, 0.717) is 17.9 Å². The van der Waals surface area contributed by atoms with E-state index in [-0.39, 0.29) is 5.91 Å². The molecule has 2 aromatic rings. The smallest absolute Gasteiger partial charge is 0.257 e. The van der Waals surface area contributed by atoms with E-state index in [4.69, 9.17) is 4.42 Å². The zero-order valence-corrected chi connectivity index (χ0v) is 15.3. The molecule has 0 saturated heterocycles. The largest absolute Gasteiger partial charge is 0.464 e. The van der Waals surface area contributed by atoms with Gasteiger partial charge in [0.1, 0.15) is 11.5 Å². The molecule has 0 spiro atoms. The summed E-state index contributed by atoms with van der Waals surface area (Å²) in [5.74, 6) is 1.51. The molecule has 2 rings (SSSR count). The quantitative estimate of drug-likeness (QED) is 0.781. The van der Waals surface area contributed by atoms with Crippen molar-refractivity contribution < 1.29 is 9.21 Å². The van der Waals surface area contributed by atoms with Crippen LogP contribution in [0.25, 0.3) is 0 Å². The van der Waals surface area contributed by atoms with Crippen LogP contribution in [-0.4, -0.2) is 40.8 Å². The van der Waals surface area contributed by atoms with Crippen molar-refractivity contribution >= 4 is 5.91 Å². The van der Waals surface area contributed by atoms with Gasteiger partial charge in [-0.1, -0.05) is 13.8 Å². The second-order valence-corrected chi connectivity index (χ2v) is 6.11. The molecule has 5 heteroatoms. The van der Waals surface area contributed by atoms with Gasteiger partial charge in [0.15, 0.2) is 0 Å². The average Bonchev–Trinajstić information content (AvgIpc) is 2.94. The molecule has 0 aliphatic heterocycles. The van der Waals surface area contributed by atoms with E-state index in [9.17, 15) is 4.79 Å². The molecule has 0 aliphatic carbocycles. The predicted molar refractivity (Wildman–Crippen MR) is 94.8 cm³/mol. The van der Waals surface area contributed by atoms with Crippen LogP contribution in [0.1, 0.15) is 46.9 Å². The molecule has 0 N–H and O–H groups in total. The van der Waals surface area contributed by atoms with Gasteiger partial charge < -0.3 is 9.32 Å². The Morgan fingerprint density at radius 2 is 1.92 bits per heavy atom. The molecule has 0 saturated carbocycles. The molecule has 0 unspecified atom stereocenters. The average molecular weight is 329 g/mol. The minimum atomic E-state index is -0.0155. The highest BCUT2D eigenvalue weighted by atomic mass is 16.3. The van der Waals surface area contributed by atoms with Gasteiger partial charge >= 0.3 is 0 Å². The number of hydrogen-bond donors (Lipinski definition) is 0. The lowest BCUT2D eigenvalue weighted by Crippen LogP contribution is -2.26. The Labute approximate surface area is 144 Å². The zero-order chi connectivity index (χ0) is 17.7. The van der Waals surface area contributed by atoms with E-state index in [1.54, 1.807) is 11.1 Å². The third kappa shape index (κ3) is 4.23. The van der Waals surface area contributed by atoms with Crippen LogP contribution < -0.4 is 0 Å². The first-order valence-electron chi connectivity index (χ1n) is 8.42. The van der Waals surface area contributed by atoms with Gasteiger partial charge in [0, 0.05) is 26.0 Å². The summed E-state index contributed by atoms with van der Waals surface area (Å²) in [5.41, 5.74) is 2.83. The van der Waals surface area contributed by atoms with Gasteiger partial charge in [-0.3, -0.25) is 14.7 Å². The Hall–Kier alpha value is -2.14. The number of furan rings is 1. The number of nitrogens with zero attached hydrogens (tertiary/aromatic N) is 3. The van der Waals surface area contributed by atoms with E-state index in [2.05, 4.69) is 23.7 Å². The van der Waals surface area contributed by atoms with E-state index < -0.39 is 0 Å². The second-order valence-electron chi connectivity index (χ2n) is 6.11. The number of aromatic nitrogens is 1. The summed E-state index contributed by atoms with van der Waals surface area (Å²) in [6, 6.07) is 3.83. The molecule has 2 heterocycles.